The molecule has 4 aliphatic carbocycles. The van der Waals surface area contributed by atoms with Crippen LogP contribution in [-0.2, 0) is 23.7 Å². The van der Waals surface area contributed by atoms with Crippen molar-refractivity contribution < 1.29 is 54.4 Å². The van der Waals surface area contributed by atoms with E-state index in [1.165, 1.54) is 6.08 Å². The first-order chi connectivity index (χ1) is 19.0. The fourth-order valence-corrected chi connectivity index (χ4v) is 10.4. The van der Waals surface area contributed by atoms with Crippen LogP contribution in [0.3, 0.4) is 0 Å². The van der Waals surface area contributed by atoms with Crippen LogP contribution in [0.5, 0.6) is 0 Å². The molecular formula is C29H42O11. The standard InChI is InChI=1S/C29H42O11/c1-26-17(14-6-24(34)37-12-14)4-5-28(26,35)18-3-2-15-7-20-21(10-27(15,13-31)19(18)9-22(26)32)40-29(36)23(33)8-16(11-30)38-25(29)39-20/h6,15-23,25,30-33,35-36H,2-5,7-13H2,1H3/t15-,16-,17+,18+,19-,20+,21+,22+,23+,25-,26-,27+,28-,29-/m0/s1. The van der Waals surface area contributed by atoms with Crippen molar-refractivity contribution in [3.63, 3.8) is 0 Å². The van der Waals surface area contributed by atoms with Gasteiger partial charge in [-0.05, 0) is 74.2 Å². The number of hydrogen-bond donors (Lipinski definition) is 6. The molecule has 0 aromatic rings. The smallest absolute Gasteiger partial charge is 0.331 e. The van der Waals surface area contributed by atoms with Gasteiger partial charge in [0.1, 0.15) is 12.7 Å². The highest BCUT2D eigenvalue weighted by atomic mass is 16.8. The topological polar surface area (TPSA) is 175 Å². The number of aliphatic hydroxyl groups excluding tert-OH is 4. The molecule has 0 aromatic carbocycles. The van der Waals surface area contributed by atoms with Crippen molar-refractivity contribution in [3.05, 3.63) is 11.6 Å². The molecule has 14 atom stereocenters. The van der Waals surface area contributed by atoms with E-state index in [9.17, 15) is 35.4 Å². The molecule has 40 heavy (non-hydrogen) atoms. The van der Waals surface area contributed by atoms with Gasteiger partial charge in [-0.25, -0.2) is 4.79 Å². The number of hydrogen-bond acceptors (Lipinski definition) is 11. The molecule has 0 radical (unpaired) electrons. The number of carbonyl (C=O) groups is 1. The molecule has 7 aliphatic rings. The van der Waals surface area contributed by atoms with E-state index in [-0.39, 0.29) is 55.9 Å². The molecule has 11 heteroatoms. The zero-order valence-corrected chi connectivity index (χ0v) is 22.9. The summed E-state index contributed by atoms with van der Waals surface area (Å²) in [5.74, 6) is -2.97. The van der Waals surface area contributed by atoms with Gasteiger partial charge in [-0.2, -0.15) is 0 Å². The lowest BCUT2D eigenvalue weighted by Crippen LogP contribution is -2.72. The minimum absolute atomic E-state index is 0.00520. The average Bonchev–Trinajstić information content (AvgIpc) is 3.48. The Balaban J connectivity index is 1.19. The van der Waals surface area contributed by atoms with Crippen molar-refractivity contribution in [2.45, 2.75) is 106 Å². The van der Waals surface area contributed by atoms with Gasteiger partial charge in [-0.15, -0.1) is 0 Å². The van der Waals surface area contributed by atoms with Gasteiger partial charge < -0.3 is 49.6 Å². The Bertz CT molecular complexity index is 1080. The summed E-state index contributed by atoms with van der Waals surface area (Å²) in [7, 11) is 0. The molecule has 0 aromatic heterocycles. The molecule has 0 spiro atoms. The van der Waals surface area contributed by atoms with E-state index in [0.717, 1.165) is 18.4 Å². The quantitative estimate of drug-likeness (QED) is 0.196. The van der Waals surface area contributed by atoms with E-state index < -0.39 is 59.0 Å². The molecule has 0 amide bonds. The summed E-state index contributed by atoms with van der Waals surface area (Å²) in [4.78, 5) is 11.9. The van der Waals surface area contributed by atoms with Crippen LogP contribution in [0.4, 0.5) is 0 Å². The molecule has 0 bridgehead atoms. The van der Waals surface area contributed by atoms with Crippen molar-refractivity contribution in [3.8, 4) is 0 Å². The predicted octanol–water partition coefficient (Wildman–Crippen LogP) is -0.263. The lowest BCUT2D eigenvalue weighted by atomic mass is 9.42. The second-order valence-electron chi connectivity index (χ2n) is 13.8. The zero-order chi connectivity index (χ0) is 28.2. The Hall–Kier alpha value is -1.15. The minimum atomic E-state index is -2.10. The number of rotatable bonds is 3. The van der Waals surface area contributed by atoms with E-state index in [2.05, 4.69) is 0 Å². The first-order valence-corrected chi connectivity index (χ1v) is 14.9. The van der Waals surface area contributed by atoms with Crippen molar-refractivity contribution in [1.29, 1.82) is 0 Å². The summed E-state index contributed by atoms with van der Waals surface area (Å²) in [5, 5.41) is 66.9. The molecule has 7 rings (SSSR count). The third-order valence-electron chi connectivity index (χ3n) is 12.5. The van der Waals surface area contributed by atoms with Crippen LogP contribution in [0, 0.1) is 34.5 Å². The molecule has 3 aliphatic heterocycles. The van der Waals surface area contributed by atoms with Gasteiger partial charge in [0.05, 0.1) is 36.6 Å². The molecule has 3 heterocycles. The molecule has 2 saturated heterocycles. The van der Waals surface area contributed by atoms with Gasteiger partial charge in [-0.1, -0.05) is 6.92 Å². The van der Waals surface area contributed by atoms with Gasteiger partial charge in [-0.3, -0.25) is 0 Å². The maximum absolute atomic E-state index is 12.5. The van der Waals surface area contributed by atoms with Crippen LogP contribution in [0.15, 0.2) is 11.6 Å². The molecule has 6 N–H and O–H groups in total. The monoisotopic (exact) mass is 566 g/mol. The SMILES string of the molecule is C[C@]12[C@H](O)C[C@H]3[C@@H](CC[C@H]4C[C@H]5O[C@@H]6O[C@H](CO)C[C@@H](O)[C@]6(O)O[C@@H]5C[C@@]43CO)[C@@]1(O)CC[C@@H]2C1=CC(=O)OC1. The van der Waals surface area contributed by atoms with Crippen LogP contribution in [0.1, 0.15) is 58.3 Å². The zero-order valence-electron chi connectivity index (χ0n) is 22.9. The Morgan fingerprint density at radius 1 is 0.975 bits per heavy atom. The van der Waals surface area contributed by atoms with Crippen LogP contribution in [-0.4, -0.2) is 105 Å². The van der Waals surface area contributed by atoms with Crippen molar-refractivity contribution >= 4 is 5.97 Å². The van der Waals surface area contributed by atoms with E-state index in [0.29, 0.717) is 32.1 Å². The Morgan fingerprint density at radius 2 is 1.77 bits per heavy atom. The summed E-state index contributed by atoms with van der Waals surface area (Å²) in [5.41, 5.74) is -1.88. The maximum Gasteiger partial charge on any atom is 0.331 e. The van der Waals surface area contributed by atoms with Gasteiger partial charge >= 0.3 is 5.97 Å². The van der Waals surface area contributed by atoms with Gasteiger partial charge in [0.2, 0.25) is 12.1 Å². The van der Waals surface area contributed by atoms with Gasteiger partial charge in [0, 0.05) is 29.9 Å². The highest BCUT2D eigenvalue weighted by Crippen LogP contribution is 2.70. The number of carbonyl (C=O) groups excluding carboxylic acids is 1. The van der Waals surface area contributed by atoms with Crippen LogP contribution < -0.4 is 0 Å². The van der Waals surface area contributed by atoms with Crippen molar-refractivity contribution in [1.82, 2.24) is 0 Å². The normalized spacial score (nSPS) is 57.2. The summed E-state index contributed by atoms with van der Waals surface area (Å²) in [6, 6.07) is 0. The summed E-state index contributed by atoms with van der Waals surface area (Å²) in [6.07, 6.45) is 0.297. The van der Waals surface area contributed by atoms with Crippen molar-refractivity contribution in [2.24, 2.45) is 34.5 Å². The fraction of sp³-hybridized carbons (Fsp3) is 0.897. The Kier molecular flexibility index (Phi) is 6.35. The van der Waals surface area contributed by atoms with Crippen LogP contribution in [0.2, 0.25) is 0 Å². The summed E-state index contributed by atoms with van der Waals surface area (Å²) >= 11 is 0. The maximum atomic E-state index is 12.5. The van der Waals surface area contributed by atoms with E-state index in [1.807, 2.05) is 6.92 Å². The first kappa shape index (κ1) is 27.7. The molecule has 0 unspecified atom stereocenters. The molecule has 6 fully saturated rings. The molecule has 224 valence electrons. The Morgan fingerprint density at radius 3 is 2.48 bits per heavy atom. The third kappa shape index (κ3) is 3.47. The van der Waals surface area contributed by atoms with Gasteiger partial charge in [0.15, 0.2) is 0 Å². The van der Waals surface area contributed by atoms with E-state index in [4.69, 9.17) is 18.9 Å². The average molecular weight is 567 g/mol. The third-order valence-corrected chi connectivity index (χ3v) is 12.5. The molecular weight excluding hydrogens is 524 g/mol. The summed E-state index contributed by atoms with van der Waals surface area (Å²) in [6.45, 7) is 1.67. The van der Waals surface area contributed by atoms with E-state index >= 15 is 0 Å². The largest absolute Gasteiger partial charge is 0.458 e. The number of aliphatic hydroxyl groups is 6. The highest BCUT2D eigenvalue weighted by Gasteiger charge is 2.72. The summed E-state index contributed by atoms with van der Waals surface area (Å²) < 4.78 is 23.3. The van der Waals surface area contributed by atoms with Crippen molar-refractivity contribution in [2.75, 3.05) is 19.8 Å². The second-order valence-corrected chi connectivity index (χ2v) is 13.8. The Labute approximate surface area is 233 Å². The van der Waals surface area contributed by atoms with Crippen LogP contribution >= 0.6 is 0 Å². The number of esters is 1. The predicted molar refractivity (Wildman–Crippen MR) is 135 cm³/mol. The number of fused-ring (bicyclic) bond motifs is 7. The highest BCUT2D eigenvalue weighted by molar-refractivity contribution is 5.85. The van der Waals surface area contributed by atoms with Crippen LogP contribution in [0.25, 0.3) is 0 Å². The second kappa shape index (κ2) is 9.17. The molecule has 4 saturated carbocycles. The number of cyclic esters (lactones) is 1. The molecule has 11 nitrogen and oxygen atoms in total. The minimum Gasteiger partial charge on any atom is -0.458 e. The lowest BCUT2D eigenvalue weighted by Gasteiger charge is -2.66. The lowest BCUT2D eigenvalue weighted by molar-refractivity contribution is -0.461. The fourth-order valence-electron chi connectivity index (χ4n) is 10.4. The first-order valence-electron chi connectivity index (χ1n) is 14.9. The number of ether oxygens (including phenoxy) is 4. The van der Waals surface area contributed by atoms with E-state index in [1.54, 1.807) is 0 Å². The van der Waals surface area contributed by atoms with Gasteiger partial charge in [0.25, 0.3) is 0 Å².